The van der Waals surface area contributed by atoms with Crippen molar-refractivity contribution in [2.24, 2.45) is 0 Å². The second-order valence-corrected chi connectivity index (χ2v) is 7.61. The molecule has 1 aliphatic carbocycles. The Hall–Kier alpha value is -0.490. The topological polar surface area (TPSA) is 25.4 Å². The number of fused-ring (bicyclic) bond motifs is 1. The number of thiazole rings is 1. The van der Waals surface area contributed by atoms with Crippen LogP contribution in [0.5, 0.6) is 0 Å². The van der Waals surface area contributed by atoms with E-state index < -0.39 is 0 Å². The predicted molar refractivity (Wildman–Crippen MR) is 85.5 cm³/mol. The molecule has 2 heterocycles. The third-order valence-corrected chi connectivity index (χ3v) is 6.07. The van der Waals surface area contributed by atoms with Gasteiger partial charge in [0, 0.05) is 29.5 Å². The summed E-state index contributed by atoms with van der Waals surface area (Å²) in [6.07, 6.45) is 2.53. The van der Waals surface area contributed by atoms with Crippen LogP contribution in [0.15, 0.2) is 22.7 Å². The van der Waals surface area contributed by atoms with Gasteiger partial charge in [-0.3, -0.25) is 4.90 Å². The van der Waals surface area contributed by atoms with Crippen LogP contribution in [0.1, 0.15) is 23.8 Å². The van der Waals surface area contributed by atoms with Gasteiger partial charge in [-0.25, -0.2) is 4.98 Å². The third-order valence-electron chi connectivity index (χ3n) is 4.39. The number of benzene rings is 1. The molecule has 0 N–H and O–H groups in total. The summed E-state index contributed by atoms with van der Waals surface area (Å²) in [5.74, 6) is 0.666. The van der Waals surface area contributed by atoms with Gasteiger partial charge in [-0.05, 0) is 31.0 Å². The molecule has 20 heavy (non-hydrogen) atoms. The van der Waals surface area contributed by atoms with Crippen molar-refractivity contribution in [3.63, 3.8) is 0 Å². The molecule has 2 aliphatic rings. The lowest BCUT2D eigenvalue weighted by Gasteiger charge is -2.43. The predicted octanol–water partition coefficient (Wildman–Crippen LogP) is 3.64. The van der Waals surface area contributed by atoms with Gasteiger partial charge in [-0.1, -0.05) is 15.9 Å². The molecule has 0 amide bonds. The van der Waals surface area contributed by atoms with E-state index in [4.69, 9.17) is 9.72 Å². The number of hydrogen-bond acceptors (Lipinski definition) is 4. The molecule has 106 valence electrons. The maximum absolute atomic E-state index is 5.42. The van der Waals surface area contributed by atoms with Crippen molar-refractivity contribution < 1.29 is 4.74 Å². The smallest absolute Gasteiger partial charge is 0.0970 e. The molecule has 0 bridgehead atoms. The second-order valence-electron chi connectivity index (χ2n) is 5.63. The summed E-state index contributed by atoms with van der Waals surface area (Å²) >= 11 is 5.39. The Kier molecular flexibility index (Phi) is 3.54. The Morgan fingerprint density at radius 3 is 2.85 bits per heavy atom. The molecule has 5 heteroatoms. The molecule has 0 unspecified atom stereocenters. The van der Waals surface area contributed by atoms with E-state index in [-0.39, 0.29) is 0 Å². The van der Waals surface area contributed by atoms with E-state index in [0.717, 1.165) is 42.3 Å². The van der Waals surface area contributed by atoms with Gasteiger partial charge in [0.05, 0.1) is 28.4 Å². The lowest BCUT2D eigenvalue weighted by Crippen LogP contribution is -2.48. The maximum atomic E-state index is 5.42. The fourth-order valence-electron chi connectivity index (χ4n) is 3.12. The molecule has 4 rings (SSSR count). The summed E-state index contributed by atoms with van der Waals surface area (Å²) in [6.45, 7) is 4.00. The number of ether oxygens (including phenoxy) is 1. The molecule has 1 saturated carbocycles. The SMILES string of the molecule is Brc1ccc2nc(C3CC(N4CCOCC4)C3)sc2c1. The zero-order chi connectivity index (χ0) is 13.5. The molecular weight excluding hydrogens is 336 g/mol. The first-order valence-electron chi connectivity index (χ1n) is 7.17. The molecule has 1 aromatic carbocycles. The van der Waals surface area contributed by atoms with E-state index in [9.17, 15) is 0 Å². The summed E-state index contributed by atoms with van der Waals surface area (Å²) in [4.78, 5) is 7.40. The van der Waals surface area contributed by atoms with Crippen molar-refractivity contribution in [3.8, 4) is 0 Å². The highest BCUT2D eigenvalue weighted by Gasteiger charge is 2.36. The molecule has 0 atom stereocenters. The van der Waals surface area contributed by atoms with Gasteiger partial charge >= 0.3 is 0 Å². The third kappa shape index (κ3) is 2.41. The van der Waals surface area contributed by atoms with Gasteiger partial charge in [0.2, 0.25) is 0 Å². The van der Waals surface area contributed by atoms with Gasteiger partial charge < -0.3 is 4.74 Å². The first-order valence-corrected chi connectivity index (χ1v) is 8.78. The highest BCUT2D eigenvalue weighted by Crippen LogP contribution is 2.42. The van der Waals surface area contributed by atoms with Crippen LogP contribution in [0, 0.1) is 0 Å². The van der Waals surface area contributed by atoms with Crippen LogP contribution >= 0.6 is 27.3 Å². The molecule has 0 spiro atoms. The number of rotatable bonds is 2. The zero-order valence-corrected chi connectivity index (χ0v) is 13.6. The van der Waals surface area contributed by atoms with Gasteiger partial charge in [0.1, 0.15) is 0 Å². The normalized spacial score (nSPS) is 27.6. The Labute approximate surface area is 131 Å². The average molecular weight is 353 g/mol. The molecule has 1 aliphatic heterocycles. The van der Waals surface area contributed by atoms with Crippen molar-refractivity contribution in [1.82, 2.24) is 9.88 Å². The summed E-state index contributed by atoms with van der Waals surface area (Å²) in [5, 5.41) is 1.32. The number of halogens is 1. The molecule has 2 fully saturated rings. The maximum Gasteiger partial charge on any atom is 0.0970 e. The minimum atomic E-state index is 0.666. The molecular formula is C15H17BrN2OS. The molecule has 2 aromatic rings. The largest absolute Gasteiger partial charge is 0.379 e. The van der Waals surface area contributed by atoms with E-state index in [1.165, 1.54) is 22.5 Å². The summed E-state index contributed by atoms with van der Waals surface area (Å²) in [6, 6.07) is 7.11. The summed E-state index contributed by atoms with van der Waals surface area (Å²) in [7, 11) is 0. The summed E-state index contributed by atoms with van der Waals surface area (Å²) in [5.41, 5.74) is 1.14. The first-order chi connectivity index (χ1) is 9.79. The first kappa shape index (κ1) is 13.2. The van der Waals surface area contributed by atoms with Crippen LogP contribution in [0.2, 0.25) is 0 Å². The van der Waals surface area contributed by atoms with Gasteiger partial charge in [0.25, 0.3) is 0 Å². The molecule has 1 saturated heterocycles. The van der Waals surface area contributed by atoms with Crippen molar-refractivity contribution in [3.05, 3.63) is 27.7 Å². The molecule has 0 radical (unpaired) electrons. The van der Waals surface area contributed by atoms with Crippen LogP contribution in [0.3, 0.4) is 0 Å². The van der Waals surface area contributed by atoms with Crippen LogP contribution in [0.4, 0.5) is 0 Å². The van der Waals surface area contributed by atoms with Crippen molar-refractivity contribution in [2.45, 2.75) is 24.8 Å². The number of nitrogens with zero attached hydrogens (tertiary/aromatic N) is 2. The van der Waals surface area contributed by atoms with E-state index in [0.29, 0.717) is 5.92 Å². The minimum Gasteiger partial charge on any atom is -0.379 e. The fourth-order valence-corrected chi connectivity index (χ4v) is 4.77. The van der Waals surface area contributed by atoms with E-state index >= 15 is 0 Å². The van der Waals surface area contributed by atoms with Crippen molar-refractivity contribution >= 4 is 37.5 Å². The lowest BCUT2D eigenvalue weighted by atomic mass is 9.79. The van der Waals surface area contributed by atoms with Gasteiger partial charge in [-0.15, -0.1) is 11.3 Å². The molecule has 3 nitrogen and oxygen atoms in total. The average Bonchev–Trinajstić information content (AvgIpc) is 2.80. The second kappa shape index (κ2) is 5.37. The zero-order valence-electron chi connectivity index (χ0n) is 11.2. The Bertz CT molecular complexity index is 617. The minimum absolute atomic E-state index is 0.666. The Morgan fingerprint density at radius 2 is 2.05 bits per heavy atom. The van der Waals surface area contributed by atoms with Crippen LogP contribution in [-0.2, 0) is 4.74 Å². The Balaban J connectivity index is 1.46. The van der Waals surface area contributed by atoms with Gasteiger partial charge in [0.15, 0.2) is 0 Å². The fraction of sp³-hybridized carbons (Fsp3) is 0.533. The van der Waals surface area contributed by atoms with E-state index in [2.05, 4.69) is 39.0 Å². The number of morpholine rings is 1. The Morgan fingerprint density at radius 1 is 1.25 bits per heavy atom. The van der Waals surface area contributed by atoms with Crippen LogP contribution < -0.4 is 0 Å². The number of aromatic nitrogens is 1. The lowest BCUT2D eigenvalue weighted by molar-refractivity contribution is -0.00698. The van der Waals surface area contributed by atoms with E-state index in [1.54, 1.807) is 0 Å². The van der Waals surface area contributed by atoms with Gasteiger partial charge in [-0.2, -0.15) is 0 Å². The van der Waals surface area contributed by atoms with Crippen molar-refractivity contribution in [1.29, 1.82) is 0 Å². The highest BCUT2D eigenvalue weighted by molar-refractivity contribution is 9.10. The van der Waals surface area contributed by atoms with Crippen LogP contribution in [0.25, 0.3) is 10.2 Å². The van der Waals surface area contributed by atoms with Crippen molar-refractivity contribution in [2.75, 3.05) is 26.3 Å². The monoisotopic (exact) mass is 352 g/mol. The van der Waals surface area contributed by atoms with E-state index in [1.807, 2.05) is 11.3 Å². The number of hydrogen-bond donors (Lipinski definition) is 0. The highest BCUT2D eigenvalue weighted by atomic mass is 79.9. The summed E-state index contributed by atoms with van der Waals surface area (Å²) < 4.78 is 7.86. The standard InChI is InChI=1S/C15H17BrN2OS/c16-11-1-2-13-14(9-11)20-15(17-13)10-7-12(8-10)18-3-5-19-6-4-18/h1-2,9-10,12H,3-8H2. The molecule has 1 aromatic heterocycles. The quantitative estimate of drug-likeness (QED) is 0.824. The van der Waals surface area contributed by atoms with Crippen LogP contribution in [-0.4, -0.2) is 42.2 Å².